The summed E-state index contributed by atoms with van der Waals surface area (Å²) in [5.41, 5.74) is 3.91. The van der Waals surface area contributed by atoms with Gasteiger partial charge in [0.2, 0.25) is 0 Å². The molecular weight excluding hydrogens is 608 g/mol. The maximum atomic E-state index is 10.5. The van der Waals surface area contributed by atoms with Crippen molar-refractivity contribution in [3.63, 3.8) is 0 Å². The van der Waals surface area contributed by atoms with Crippen LogP contribution in [-0.4, -0.2) is 74.3 Å². The van der Waals surface area contributed by atoms with Gasteiger partial charge >= 0.3 is 0 Å². The van der Waals surface area contributed by atoms with Gasteiger partial charge in [0.15, 0.2) is 0 Å². The molecular formula is C40H48O8. The summed E-state index contributed by atoms with van der Waals surface area (Å²) in [6, 6.07) is 39.2. The van der Waals surface area contributed by atoms with E-state index in [2.05, 4.69) is 0 Å². The first-order valence-electron chi connectivity index (χ1n) is 16.2. The fraction of sp³-hybridized carbons (Fsp3) is 0.350. The predicted octanol–water partition coefficient (Wildman–Crippen LogP) is 5.90. The first-order valence-corrected chi connectivity index (χ1v) is 16.2. The van der Waals surface area contributed by atoms with Gasteiger partial charge in [0.1, 0.15) is 36.6 Å². The Morgan fingerprint density at radius 2 is 0.708 bits per heavy atom. The molecule has 0 aromatic heterocycles. The van der Waals surface area contributed by atoms with Crippen LogP contribution in [0.5, 0.6) is 0 Å². The molecule has 0 amide bonds. The molecule has 0 fully saturated rings. The Morgan fingerprint density at radius 3 is 0.958 bits per heavy atom. The number of benzene rings is 4. The molecule has 0 heterocycles. The predicted molar refractivity (Wildman–Crippen MR) is 185 cm³/mol. The Balaban J connectivity index is 1.56. The average molecular weight is 657 g/mol. The zero-order chi connectivity index (χ0) is 33.8. The van der Waals surface area contributed by atoms with Gasteiger partial charge < -0.3 is 38.6 Å². The van der Waals surface area contributed by atoms with Gasteiger partial charge in [-0.25, -0.2) is 0 Å². The molecule has 6 atom stereocenters. The summed E-state index contributed by atoms with van der Waals surface area (Å²) in [6.07, 6.45) is -0.346. The van der Waals surface area contributed by atoms with E-state index in [4.69, 9.17) is 28.4 Å². The van der Waals surface area contributed by atoms with Gasteiger partial charge in [-0.2, -0.15) is 0 Å². The molecule has 0 radical (unpaired) electrons. The number of ether oxygens (including phenoxy) is 6. The van der Waals surface area contributed by atoms with Crippen molar-refractivity contribution in [2.75, 3.05) is 27.4 Å². The molecule has 0 saturated heterocycles. The first-order chi connectivity index (χ1) is 23.6. The molecule has 0 aliphatic carbocycles. The zero-order valence-corrected chi connectivity index (χ0v) is 27.8. The lowest BCUT2D eigenvalue weighted by atomic mass is 10.0. The summed E-state index contributed by atoms with van der Waals surface area (Å²) in [4.78, 5) is 0. The highest BCUT2D eigenvalue weighted by atomic mass is 16.6. The SMILES string of the molecule is CO[C@H](/C=C/[C@@H](OC)[C@H](OCc1ccccc1)[C@H](CO)OCc1ccccc1)[C@H](OCc1ccccc1)[C@H](CO)OCc1ccccc1. The lowest BCUT2D eigenvalue weighted by Crippen LogP contribution is -2.45. The van der Waals surface area contributed by atoms with Crippen LogP contribution in [0.2, 0.25) is 0 Å². The normalized spacial score (nSPS) is 15.5. The van der Waals surface area contributed by atoms with Crippen molar-refractivity contribution in [3.8, 4) is 0 Å². The van der Waals surface area contributed by atoms with Crippen LogP contribution in [0.15, 0.2) is 133 Å². The largest absolute Gasteiger partial charge is 0.394 e. The van der Waals surface area contributed by atoms with Crippen molar-refractivity contribution in [1.29, 1.82) is 0 Å². The smallest absolute Gasteiger partial charge is 0.116 e. The molecule has 0 unspecified atom stereocenters. The van der Waals surface area contributed by atoms with Crippen LogP contribution in [0.3, 0.4) is 0 Å². The highest BCUT2D eigenvalue weighted by Gasteiger charge is 2.33. The Morgan fingerprint density at radius 1 is 0.438 bits per heavy atom. The van der Waals surface area contributed by atoms with Crippen molar-refractivity contribution < 1.29 is 38.6 Å². The summed E-state index contributed by atoms with van der Waals surface area (Å²) in [7, 11) is 3.18. The minimum absolute atomic E-state index is 0.281. The second kappa shape index (κ2) is 21.3. The van der Waals surface area contributed by atoms with E-state index < -0.39 is 36.6 Å². The van der Waals surface area contributed by atoms with Crippen LogP contribution in [0, 0.1) is 0 Å². The Bertz CT molecular complexity index is 1300. The maximum absolute atomic E-state index is 10.5. The minimum Gasteiger partial charge on any atom is -0.394 e. The molecule has 256 valence electrons. The fourth-order valence-corrected chi connectivity index (χ4v) is 5.28. The first kappa shape index (κ1) is 37.1. The van der Waals surface area contributed by atoms with Crippen LogP contribution in [0.25, 0.3) is 0 Å². The van der Waals surface area contributed by atoms with Gasteiger partial charge in [-0.1, -0.05) is 133 Å². The topological polar surface area (TPSA) is 95.8 Å². The van der Waals surface area contributed by atoms with Crippen LogP contribution in [-0.2, 0) is 54.8 Å². The number of hydrogen-bond donors (Lipinski definition) is 2. The van der Waals surface area contributed by atoms with E-state index in [-0.39, 0.29) is 13.2 Å². The van der Waals surface area contributed by atoms with Crippen molar-refractivity contribution >= 4 is 0 Å². The highest BCUT2D eigenvalue weighted by Crippen LogP contribution is 2.21. The highest BCUT2D eigenvalue weighted by molar-refractivity contribution is 5.16. The van der Waals surface area contributed by atoms with Gasteiger partial charge in [0.25, 0.3) is 0 Å². The number of aliphatic hydroxyl groups excluding tert-OH is 2. The molecule has 4 aromatic carbocycles. The van der Waals surface area contributed by atoms with E-state index in [1.165, 1.54) is 0 Å². The Hall–Kier alpha value is -3.70. The van der Waals surface area contributed by atoms with Crippen molar-refractivity contribution in [3.05, 3.63) is 156 Å². The van der Waals surface area contributed by atoms with Crippen molar-refractivity contribution in [2.45, 2.75) is 63.1 Å². The van der Waals surface area contributed by atoms with E-state index >= 15 is 0 Å². The third-order valence-corrected chi connectivity index (χ3v) is 7.96. The monoisotopic (exact) mass is 656 g/mol. The van der Waals surface area contributed by atoms with E-state index in [9.17, 15) is 10.2 Å². The van der Waals surface area contributed by atoms with Gasteiger partial charge in [-0.05, 0) is 22.3 Å². The molecule has 48 heavy (non-hydrogen) atoms. The number of hydrogen-bond acceptors (Lipinski definition) is 8. The summed E-state index contributed by atoms with van der Waals surface area (Å²) in [6.45, 7) is 0.614. The molecule has 0 saturated carbocycles. The molecule has 0 spiro atoms. The summed E-state index contributed by atoms with van der Waals surface area (Å²) in [5, 5.41) is 21.0. The van der Waals surface area contributed by atoms with E-state index in [0.29, 0.717) is 26.4 Å². The molecule has 0 bridgehead atoms. The van der Waals surface area contributed by atoms with Crippen LogP contribution in [0.1, 0.15) is 22.3 Å². The summed E-state index contributed by atoms with van der Waals surface area (Å²) < 4.78 is 37.2. The lowest BCUT2D eigenvalue weighted by Gasteiger charge is -2.32. The lowest BCUT2D eigenvalue weighted by molar-refractivity contribution is -0.144. The van der Waals surface area contributed by atoms with Gasteiger partial charge in [0.05, 0.1) is 39.6 Å². The van der Waals surface area contributed by atoms with E-state index in [0.717, 1.165) is 22.3 Å². The third-order valence-electron chi connectivity index (χ3n) is 7.96. The number of methoxy groups -OCH3 is 2. The average Bonchev–Trinajstić information content (AvgIpc) is 3.15. The molecule has 0 aliphatic heterocycles. The Labute approximate surface area is 284 Å². The quantitative estimate of drug-likeness (QED) is 0.101. The maximum Gasteiger partial charge on any atom is 0.116 e. The van der Waals surface area contributed by atoms with Crippen molar-refractivity contribution in [1.82, 2.24) is 0 Å². The number of rotatable bonds is 22. The van der Waals surface area contributed by atoms with Gasteiger partial charge in [0, 0.05) is 14.2 Å². The zero-order valence-electron chi connectivity index (χ0n) is 27.8. The van der Waals surface area contributed by atoms with E-state index in [1.54, 1.807) is 14.2 Å². The van der Waals surface area contributed by atoms with Gasteiger partial charge in [-0.15, -0.1) is 0 Å². The summed E-state index contributed by atoms with van der Waals surface area (Å²) in [5.74, 6) is 0. The van der Waals surface area contributed by atoms with Gasteiger partial charge in [-0.3, -0.25) is 0 Å². The fourth-order valence-electron chi connectivity index (χ4n) is 5.28. The van der Waals surface area contributed by atoms with Crippen molar-refractivity contribution in [2.24, 2.45) is 0 Å². The Kier molecular flexibility index (Phi) is 16.5. The standard InChI is InChI=1S/C40H48O8/c1-43-35(39(47-29-33-19-11-5-12-20-33)37(25-41)45-27-31-15-7-3-8-16-31)23-24-36(44-2)40(48-30-34-21-13-6-14-22-34)38(26-42)46-28-32-17-9-4-10-18-32/h3-24,35-42H,25-30H2,1-2H3/b24-23+/t35-,36-,37+,38+,39+,40+/m1/s1. The minimum atomic E-state index is -0.700. The number of aliphatic hydroxyl groups is 2. The molecule has 4 aromatic rings. The molecule has 8 heteroatoms. The van der Waals surface area contributed by atoms with Crippen LogP contribution in [0.4, 0.5) is 0 Å². The molecule has 4 rings (SSSR count). The molecule has 2 N–H and O–H groups in total. The second-order valence-corrected chi connectivity index (χ2v) is 11.3. The van der Waals surface area contributed by atoms with Crippen LogP contribution < -0.4 is 0 Å². The summed E-state index contributed by atoms with van der Waals surface area (Å²) >= 11 is 0. The third kappa shape index (κ3) is 12.1. The molecule has 0 aliphatic rings. The second-order valence-electron chi connectivity index (χ2n) is 11.3. The van der Waals surface area contributed by atoms with E-state index in [1.807, 2.05) is 133 Å². The van der Waals surface area contributed by atoms with Crippen LogP contribution >= 0.6 is 0 Å². The molecule has 8 nitrogen and oxygen atoms in total.